The molecule has 4 N–H and O–H groups in total. The molecule has 0 aliphatic rings. The minimum absolute atomic E-state index is 0.0522. The summed E-state index contributed by atoms with van der Waals surface area (Å²) in [4.78, 5) is 15.2. The van der Waals surface area contributed by atoms with Crippen molar-refractivity contribution in [2.24, 2.45) is 5.73 Å². The van der Waals surface area contributed by atoms with Gasteiger partial charge in [-0.25, -0.2) is 13.1 Å². The number of hydrogen-bond donors (Lipinski definition) is 3. The molecule has 1 amide bonds. The van der Waals surface area contributed by atoms with Crippen LogP contribution in [0.3, 0.4) is 0 Å². The number of carbonyl (C=O) groups excluding carboxylic acids is 1. The number of aromatic nitrogens is 1. The monoisotopic (exact) mass is 310 g/mol. The smallest absolute Gasteiger partial charge is 0.242 e. The zero-order valence-electron chi connectivity index (χ0n) is 11.9. The summed E-state index contributed by atoms with van der Waals surface area (Å²) >= 11 is 0. The van der Waals surface area contributed by atoms with Crippen molar-refractivity contribution >= 4 is 15.9 Å². The van der Waals surface area contributed by atoms with Gasteiger partial charge in [-0.2, -0.15) is 0 Å². The van der Waals surface area contributed by atoms with Crippen molar-refractivity contribution in [1.82, 2.24) is 15.0 Å². The van der Waals surface area contributed by atoms with E-state index in [2.05, 4.69) is 26.9 Å². The first-order chi connectivity index (χ1) is 9.85. The second-order valence-electron chi connectivity index (χ2n) is 4.46. The van der Waals surface area contributed by atoms with Crippen molar-refractivity contribution in [3.63, 3.8) is 0 Å². The Labute approximate surface area is 124 Å². The number of rotatable bonds is 5. The quantitative estimate of drug-likeness (QED) is 0.616. The fourth-order valence-electron chi connectivity index (χ4n) is 1.40. The maximum Gasteiger partial charge on any atom is 0.242 e. The van der Waals surface area contributed by atoms with Gasteiger partial charge in [0, 0.05) is 24.0 Å². The van der Waals surface area contributed by atoms with Crippen LogP contribution in [0.15, 0.2) is 23.4 Å². The molecule has 0 atom stereocenters. The third-order valence-corrected chi connectivity index (χ3v) is 3.60. The highest BCUT2D eigenvalue weighted by Gasteiger charge is 2.16. The van der Waals surface area contributed by atoms with E-state index in [-0.39, 0.29) is 24.0 Å². The van der Waals surface area contributed by atoms with Gasteiger partial charge in [0.05, 0.1) is 13.1 Å². The van der Waals surface area contributed by atoms with Crippen molar-refractivity contribution in [3.05, 3.63) is 24.0 Å². The summed E-state index contributed by atoms with van der Waals surface area (Å²) in [5.74, 6) is 4.91. The van der Waals surface area contributed by atoms with Crippen LogP contribution in [-0.2, 0) is 14.8 Å². The number of amides is 1. The van der Waals surface area contributed by atoms with Crippen LogP contribution in [-0.4, -0.2) is 38.4 Å². The van der Waals surface area contributed by atoms with Crippen molar-refractivity contribution in [3.8, 4) is 11.8 Å². The first-order valence-electron chi connectivity index (χ1n) is 6.28. The molecule has 7 nitrogen and oxygen atoms in total. The van der Waals surface area contributed by atoms with Gasteiger partial charge in [-0.05, 0) is 19.9 Å². The maximum atomic E-state index is 12.0. The van der Waals surface area contributed by atoms with Crippen LogP contribution >= 0.6 is 0 Å². The molecule has 0 saturated carbocycles. The summed E-state index contributed by atoms with van der Waals surface area (Å²) in [6.07, 6.45) is 2.63. The Morgan fingerprint density at radius 2 is 2.14 bits per heavy atom. The number of nitrogens with zero attached hydrogens (tertiary/aromatic N) is 1. The van der Waals surface area contributed by atoms with Crippen LogP contribution in [0.1, 0.15) is 19.4 Å². The first-order valence-corrected chi connectivity index (χ1v) is 7.76. The van der Waals surface area contributed by atoms with Crippen molar-refractivity contribution in [2.45, 2.75) is 24.8 Å². The van der Waals surface area contributed by atoms with E-state index in [1.165, 1.54) is 18.5 Å². The summed E-state index contributed by atoms with van der Waals surface area (Å²) in [5.41, 5.74) is 5.69. The molecule has 0 spiro atoms. The summed E-state index contributed by atoms with van der Waals surface area (Å²) < 4.78 is 26.3. The molecule has 0 fully saturated rings. The lowest BCUT2D eigenvalue weighted by molar-refractivity contribution is -0.120. The zero-order chi connectivity index (χ0) is 15.9. The molecular formula is C13H18N4O3S. The Morgan fingerprint density at radius 1 is 1.43 bits per heavy atom. The SMILES string of the molecule is CC(C)NC(=O)CNS(=O)(=O)c1cncc(C#CCN)c1. The fourth-order valence-corrected chi connectivity index (χ4v) is 2.37. The molecule has 0 unspecified atom stereocenters. The highest BCUT2D eigenvalue weighted by atomic mass is 32.2. The van der Waals surface area contributed by atoms with E-state index in [4.69, 9.17) is 5.73 Å². The van der Waals surface area contributed by atoms with E-state index in [0.717, 1.165) is 0 Å². The Balaban J connectivity index is 2.81. The van der Waals surface area contributed by atoms with Crippen LogP contribution in [0.2, 0.25) is 0 Å². The molecule has 0 bridgehead atoms. The van der Waals surface area contributed by atoms with E-state index < -0.39 is 15.9 Å². The normalized spacial score (nSPS) is 10.9. The summed E-state index contributed by atoms with van der Waals surface area (Å²) in [6, 6.07) is 1.32. The number of nitrogens with two attached hydrogens (primary N) is 1. The second kappa shape index (κ2) is 7.73. The van der Waals surface area contributed by atoms with Gasteiger partial charge in [0.1, 0.15) is 4.90 Å². The highest BCUT2D eigenvalue weighted by molar-refractivity contribution is 7.89. The number of pyridine rings is 1. The molecule has 1 aromatic heterocycles. The number of sulfonamides is 1. The van der Waals surface area contributed by atoms with Crippen LogP contribution < -0.4 is 15.8 Å². The lowest BCUT2D eigenvalue weighted by Crippen LogP contribution is -2.39. The van der Waals surface area contributed by atoms with Gasteiger partial charge in [-0.1, -0.05) is 11.8 Å². The number of nitrogens with one attached hydrogen (secondary N) is 2. The van der Waals surface area contributed by atoms with Gasteiger partial charge in [0.2, 0.25) is 15.9 Å². The summed E-state index contributed by atoms with van der Waals surface area (Å²) in [6.45, 7) is 3.41. The minimum Gasteiger partial charge on any atom is -0.353 e. The Hall–Kier alpha value is -1.95. The average molecular weight is 310 g/mol. The lowest BCUT2D eigenvalue weighted by Gasteiger charge is -2.09. The minimum atomic E-state index is -3.81. The predicted molar refractivity (Wildman–Crippen MR) is 78.6 cm³/mol. The second-order valence-corrected chi connectivity index (χ2v) is 6.23. The van der Waals surface area contributed by atoms with Gasteiger partial charge in [-0.15, -0.1) is 0 Å². The third kappa shape index (κ3) is 5.91. The molecule has 8 heteroatoms. The molecule has 114 valence electrons. The molecule has 0 saturated heterocycles. The summed E-state index contributed by atoms with van der Waals surface area (Å²) in [7, 11) is -3.81. The molecule has 0 aliphatic carbocycles. The Bertz CT molecular complexity index is 659. The molecule has 1 aromatic rings. The summed E-state index contributed by atoms with van der Waals surface area (Å²) in [5, 5.41) is 2.59. The molecule has 21 heavy (non-hydrogen) atoms. The Morgan fingerprint density at radius 3 is 2.76 bits per heavy atom. The van der Waals surface area contributed by atoms with Crippen LogP contribution in [0.25, 0.3) is 0 Å². The standard InChI is InChI=1S/C13H18N4O3S/c1-10(2)17-13(18)9-16-21(19,20)12-6-11(4-3-5-14)7-15-8-12/h6-8,10,16H,5,9,14H2,1-2H3,(H,17,18). The molecule has 1 rings (SSSR count). The molecule has 0 aromatic carbocycles. The first kappa shape index (κ1) is 17.1. The van der Waals surface area contributed by atoms with E-state index in [1.54, 1.807) is 13.8 Å². The molecule has 1 heterocycles. The Kier molecular flexibility index (Phi) is 6.30. The van der Waals surface area contributed by atoms with Gasteiger partial charge >= 0.3 is 0 Å². The van der Waals surface area contributed by atoms with Crippen molar-refractivity contribution in [2.75, 3.05) is 13.1 Å². The number of hydrogen-bond acceptors (Lipinski definition) is 5. The van der Waals surface area contributed by atoms with Crippen LogP contribution in [0.4, 0.5) is 0 Å². The lowest BCUT2D eigenvalue weighted by atomic mass is 10.3. The van der Waals surface area contributed by atoms with Gasteiger partial charge < -0.3 is 11.1 Å². The van der Waals surface area contributed by atoms with E-state index in [0.29, 0.717) is 5.56 Å². The third-order valence-electron chi connectivity index (χ3n) is 2.23. The molecule has 0 radical (unpaired) electrons. The van der Waals surface area contributed by atoms with E-state index in [1.807, 2.05) is 0 Å². The topological polar surface area (TPSA) is 114 Å². The largest absolute Gasteiger partial charge is 0.353 e. The van der Waals surface area contributed by atoms with E-state index in [9.17, 15) is 13.2 Å². The highest BCUT2D eigenvalue weighted by Crippen LogP contribution is 2.08. The van der Waals surface area contributed by atoms with Gasteiger partial charge in [-0.3, -0.25) is 9.78 Å². The maximum absolute atomic E-state index is 12.0. The molecular weight excluding hydrogens is 292 g/mol. The zero-order valence-corrected chi connectivity index (χ0v) is 12.7. The van der Waals surface area contributed by atoms with Crippen LogP contribution in [0, 0.1) is 11.8 Å². The van der Waals surface area contributed by atoms with Crippen LogP contribution in [0.5, 0.6) is 0 Å². The van der Waals surface area contributed by atoms with Crippen molar-refractivity contribution in [1.29, 1.82) is 0 Å². The number of carbonyl (C=O) groups is 1. The van der Waals surface area contributed by atoms with Crippen molar-refractivity contribution < 1.29 is 13.2 Å². The van der Waals surface area contributed by atoms with Gasteiger partial charge in [0.25, 0.3) is 0 Å². The average Bonchev–Trinajstić information content (AvgIpc) is 2.43. The molecule has 0 aliphatic heterocycles. The fraction of sp³-hybridized carbons (Fsp3) is 0.385. The predicted octanol–water partition coefficient (Wildman–Crippen LogP) is -0.805. The van der Waals surface area contributed by atoms with Gasteiger partial charge in [0.15, 0.2) is 0 Å². The van der Waals surface area contributed by atoms with E-state index >= 15 is 0 Å².